The first-order valence-electron chi connectivity index (χ1n) is 3.22. The Morgan fingerprint density at radius 3 is 1.33 bits per heavy atom. The van der Waals surface area contributed by atoms with Gasteiger partial charge in [0.2, 0.25) is 0 Å². The van der Waals surface area contributed by atoms with E-state index in [0.717, 1.165) is 0 Å². The summed E-state index contributed by atoms with van der Waals surface area (Å²) < 4.78 is 78.5. The zero-order chi connectivity index (χ0) is 12.5. The van der Waals surface area contributed by atoms with Crippen molar-refractivity contribution in [1.29, 1.82) is 0 Å². The number of hydrogen-bond donors (Lipinski definition) is 0. The van der Waals surface area contributed by atoms with Gasteiger partial charge in [0.15, 0.2) is 0 Å². The maximum atomic E-state index is 11.6. The summed E-state index contributed by atoms with van der Waals surface area (Å²) >= 11 is 0. The minimum absolute atomic E-state index is 1.20. The Morgan fingerprint density at radius 2 is 1.20 bits per heavy atom. The second-order valence-electron chi connectivity index (χ2n) is 2.52. The third-order valence-corrected chi connectivity index (χ3v) is 2.05. The molecule has 15 heavy (non-hydrogen) atoms. The van der Waals surface area contributed by atoms with Crippen LogP contribution in [-0.4, -0.2) is 30.1 Å². The number of nitrogens with zero attached hydrogens (tertiary/aromatic N) is 1. The Kier molecular flexibility index (Phi) is 4.19. The van der Waals surface area contributed by atoms with Crippen molar-refractivity contribution in [3.63, 3.8) is 0 Å². The predicted octanol–water partition coefficient (Wildman–Crippen LogP) is 0.242. The van der Waals surface area contributed by atoms with Crippen LogP contribution in [0.4, 0.5) is 26.3 Å². The molecule has 0 unspecified atom stereocenters. The average molecular weight is 259 g/mol. The Hall–Kier alpha value is -0.310. The summed E-state index contributed by atoms with van der Waals surface area (Å²) in [7, 11) is -6.08. The smallest absolute Gasteiger partial charge is 0.401 e. The van der Waals surface area contributed by atoms with Gasteiger partial charge in [-0.05, 0) is 0 Å². The van der Waals surface area contributed by atoms with Crippen molar-refractivity contribution in [2.75, 3.05) is 13.1 Å². The van der Waals surface area contributed by atoms with Gasteiger partial charge >= 0.3 is 12.4 Å². The van der Waals surface area contributed by atoms with Crippen molar-refractivity contribution in [2.45, 2.75) is 12.4 Å². The summed E-state index contributed by atoms with van der Waals surface area (Å²) in [5, 5.41) is 0. The van der Waals surface area contributed by atoms with Crippen LogP contribution in [0.15, 0.2) is 0 Å². The van der Waals surface area contributed by atoms with Gasteiger partial charge in [-0.25, -0.2) is 0 Å². The first kappa shape index (κ1) is 14.7. The molecule has 0 spiro atoms. The van der Waals surface area contributed by atoms with E-state index in [9.17, 15) is 40.7 Å². The molecule has 0 heterocycles. The van der Waals surface area contributed by atoms with E-state index >= 15 is 0 Å². The van der Waals surface area contributed by atoms with Crippen LogP contribution in [0, 0.1) is 0 Å². The molecule has 0 aromatic rings. The summed E-state index contributed by atoms with van der Waals surface area (Å²) in [6, 6.07) is 0. The highest BCUT2D eigenvalue weighted by Gasteiger charge is 2.38. The van der Waals surface area contributed by atoms with Crippen LogP contribution < -0.4 is 9.79 Å². The van der Waals surface area contributed by atoms with Crippen LogP contribution in [-0.2, 0) is 4.57 Å². The molecule has 0 atom stereocenters. The largest absolute Gasteiger partial charge is 0.799 e. The average Bonchev–Trinajstić information content (AvgIpc) is 1.75. The lowest BCUT2D eigenvalue weighted by molar-refractivity contribution is -0.336. The molecule has 0 aromatic heterocycles. The van der Waals surface area contributed by atoms with Gasteiger partial charge in [-0.2, -0.15) is 26.3 Å². The van der Waals surface area contributed by atoms with Gasteiger partial charge in [-0.1, -0.05) is 0 Å². The van der Waals surface area contributed by atoms with Crippen molar-refractivity contribution in [3.05, 3.63) is 0 Å². The Morgan fingerprint density at radius 1 is 0.933 bits per heavy atom. The summed E-state index contributed by atoms with van der Waals surface area (Å²) in [4.78, 5) is 20.2. The van der Waals surface area contributed by atoms with Gasteiger partial charge < -0.3 is 14.4 Å². The third kappa shape index (κ3) is 7.60. The van der Waals surface area contributed by atoms with Crippen LogP contribution in [0.25, 0.3) is 0 Å². The van der Waals surface area contributed by atoms with Crippen molar-refractivity contribution < 1.29 is 40.7 Å². The molecule has 92 valence electrons. The van der Waals surface area contributed by atoms with E-state index in [1.54, 1.807) is 0 Å². The van der Waals surface area contributed by atoms with Gasteiger partial charge in [-0.3, -0.25) is 4.67 Å². The van der Waals surface area contributed by atoms with E-state index in [0.29, 0.717) is 0 Å². The molecule has 0 saturated heterocycles. The first-order chi connectivity index (χ1) is 6.31. The van der Waals surface area contributed by atoms with Gasteiger partial charge in [0.05, 0.1) is 13.1 Å². The summed E-state index contributed by atoms with van der Waals surface area (Å²) in [6.45, 7) is -4.90. The minimum Gasteiger partial charge on any atom is -0.799 e. The zero-order valence-electron chi connectivity index (χ0n) is 6.80. The van der Waals surface area contributed by atoms with Gasteiger partial charge in [0, 0.05) is 7.75 Å². The van der Waals surface area contributed by atoms with E-state index < -0.39 is 37.9 Å². The highest BCUT2D eigenvalue weighted by molar-refractivity contribution is 7.46. The number of rotatable bonds is 3. The topological polar surface area (TPSA) is 66.4 Å². The molecule has 0 aliphatic rings. The van der Waals surface area contributed by atoms with Crippen molar-refractivity contribution >= 4 is 7.75 Å². The van der Waals surface area contributed by atoms with Crippen molar-refractivity contribution in [1.82, 2.24) is 4.67 Å². The molecule has 4 nitrogen and oxygen atoms in total. The maximum Gasteiger partial charge on any atom is 0.401 e. The van der Waals surface area contributed by atoms with Crippen LogP contribution in [0.2, 0.25) is 0 Å². The van der Waals surface area contributed by atoms with E-state index in [-0.39, 0.29) is 0 Å². The first-order valence-corrected chi connectivity index (χ1v) is 4.72. The monoisotopic (exact) mass is 259 g/mol. The fourth-order valence-electron chi connectivity index (χ4n) is 0.643. The zero-order valence-corrected chi connectivity index (χ0v) is 7.70. The van der Waals surface area contributed by atoms with Crippen LogP contribution in [0.5, 0.6) is 0 Å². The number of halogens is 6. The van der Waals surface area contributed by atoms with Gasteiger partial charge in [0.1, 0.15) is 0 Å². The SMILES string of the molecule is O=P([O-])([O-])N(CC(F)(F)F)CC(F)(F)F. The molecule has 0 aliphatic heterocycles. The Labute approximate surface area is 79.7 Å². The normalized spacial score (nSPS) is 14.7. The van der Waals surface area contributed by atoms with E-state index in [2.05, 4.69) is 0 Å². The van der Waals surface area contributed by atoms with Crippen molar-refractivity contribution in [2.24, 2.45) is 0 Å². The molecule has 0 N–H and O–H groups in total. The lowest BCUT2D eigenvalue weighted by Crippen LogP contribution is -2.44. The summed E-state index contributed by atoms with van der Waals surface area (Å²) in [5.41, 5.74) is 0. The van der Waals surface area contributed by atoms with Crippen LogP contribution >= 0.6 is 7.75 Å². The van der Waals surface area contributed by atoms with E-state index in [1.165, 1.54) is 0 Å². The molecule has 0 bridgehead atoms. The fraction of sp³-hybridized carbons (Fsp3) is 1.00. The van der Waals surface area contributed by atoms with Gasteiger partial charge in [-0.15, -0.1) is 0 Å². The molecule has 11 heteroatoms. The highest BCUT2D eigenvalue weighted by Crippen LogP contribution is 2.36. The van der Waals surface area contributed by atoms with Gasteiger partial charge in [0.25, 0.3) is 0 Å². The molecule has 0 aromatic carbocycles. The number of alkyl halides is 6. The molecule has 0 aliphatic carbocycles. The maximum absolute atomic E-state index is 11.6. The summed E-state index contributed by atoms with van der Waals surface area (Å²) in [5.74, 6) is 0. The number of hydrogen-bond acceptors (Lipinski definition) is 3. The van der Waals surface area contributed by atoms with E-state index in [1.807, 2.05) is 0 Å². The van der Waals surface area contributed by atoms with Crippen molar-refractivity contribution in [3.8, 4) is 0 Å². The lowest BCUT2D eigenvalue weighted by atomic mass is 10.5. The lowest BCUT2D eigenvalue weighted by Gasteiger charge is -2.41. The third-order valence-electron chi connectivity index (χ3n) is 1.07. The fourth-order valence-corrected chi connectivity index (χ4v) is 1.31. The van der Waals surface area contributed by atoms with Crippen LogP contribution in [0.1, 0.15) is 0 Å². The highest BCUT2D eigenvalue weighted by atomic mass is 31.2. The Bertz CT molecular complexity index is 240. The van der Waals surface area contributed by atoms with E-state index in [4.69, 9.17) is 0 Å². The Balaban J connectivity index is 4.70. The summed E-state index contributed by atoms with van der Waals surface area (Å²) in [6.07, 6.45) is -10.4. The molecular weight excluding hydrogens is 255 g/mol. The minimum atomic E-state index is -6.08. The quantitative estimate of drug-likeness (QED) is 0.538. The molecule has 0 saturated carbocycles. The predicted molar refractivity (Wildman–Crippen MR) is 31.3 cm³/mol. The second-order valence-corrected chi connectivity index (χ2v) is 4.02. The molecule has 0 amide bonds. The molecule has 0 rings (SSSR count). The molecular formula is C4H4F6NO3P-2. The van der Waals surface area contributed by atoms with Crippen LogP contribution in [0.3, 0.4) is 0 Å². The standard InChI is InChI=1S/C4H6F6NO3P/c5-3(6,7)1-11(15(12,13)14)2-4(8,9)10/h1-2H2,(H2,12,13,14)/p-2. The second kappa shape index (κ2) is 4.28. The molecule has 0 radical (unpaired) electrons. The molecule has 0 fully saturated rings.